The van der Waals surface area contributed by atoms with Crippen molar-refractivity contribution in [3.05, 3.63) is 58.1 Å². The number of rotatable bonds is 5. The molecular formula is C16H15ClN2O7S2. The summed E-state index contributed by atoms with van der Waals surface area (Å²) in [5.41, 5.74) is 1.22. The molecule has 1 fully saturated rings. The molecule has 2 aromatic carbocycles. The van der Waals surface area contributed by atoms with Crippen LogP contribution in [0.4, 0.5) is 5.69 Å². The van der Waals surface area contributed by atoms with Crippen LogP contribution in [0.15, 0.2) is 36.4 Å². The molecular weight excluding hydrogens is 432 g/mol. The monoisotopic (exact) mass is 446 g/mol. The van der Waals surface area contributed by atoms with Crippen LogP contribution in [0.2, 0.25) is 5.02 Å². The maximum Gasteiger partial charge on any atom is 0.326 e. The van der Waals surface area contributed by atoms with Crippen molar-refractivity contribution >= 4 is 43.5 Å². The van der Waals surface area contributed by atoms with Gasteiger partial charge in [0.05, 0.1) is 5.69 Å². The van der Waals surface area contributed by atoms with Crippen molar-refractivity contribution < 1.29 is 31.3 Å². The second kappa shape index (κ2) is 7.24. The van der Waals surface area contributed by atoms with E-state index >= 15 is 0 Å². The molecule has 0 saturated carbocycles. The molecule has 0 atom stereocenters. The van der Waals surface area contributed by atoms with Crippen molar-refractivity contribution in [1.29, 1.82) is 0 Å². The number of halogens is 1. The fraction of sp³-hybridized carbons (Fsp3) is 0.188. The Labute approximate surface area is 166 Å². The van der Waals surface area contributed by atoms with Crippen molar-refractivity contribution in [2.75, 3.05) is 10.8 Å². The Hall–Kier alpha value is -2.34. The fourth-order valence-corrected chi connectivity index (χ4v) is 5.09. The summed E-state index contributed by atoms with van der Waals surface area (Å²) in [5, 5.41) is 10.4. The Morgan fingerprint density at radius 2 is 1.93 bits per heavy atom. The summed E-state index contributed by atoms with van der Waals surface area (Å²) in [4.78, 5) is 11.3. The second-order valence-corrected chi connectivity index (χ2v) is 9.60. The molecule has 2 aromatic rings. The molecule has 0 aliphatic carbocycles. The van der Waals surface area contributed by atoms with Gasteiger partial charge < -0.3 is 5.11 Å². The summed E-state index contributed by atoms with van der Waals surface area (Å²) >= 11 is 6.05. The zero-order valence-corrected chi connectivity index (χ0v) is 16.6. The molecule has 28 heavy (non-hydrogen) atoms. The smallest absolute Gasteiger partial charge is 0.326 e. The lowest BCUT2D eigenvalue weighted by Gasteiger charge is -2.17. The number of nitrogens with one attached hydrogen (secondary N) is 1. The third-order valence-corrected chi connectivity index (χ3v) is 6.47. The third kappa shape index (κ3) is 4.38. The number of carbonyl (C=O) groups is 1. The molecule has 0 radical (unpaired) electrons. The van der Waals surface area contributed by atoms with Gasteiger partial charge in [0.2, 0.25) is 0 Å². The second-order valence-electron chi connectivity index (χ2n) is 6.14. The topological polar surface area (TPSA) is 141 Å². The quantitative estimate of drug-likeness (QED) is 0.586. The van der Waals surface area contributed by atoms with Crippen molar-refractivity contribution in [1.82, 2.24) is 4.72 Å². The van der Waals surface area contributed by atoms with Gasteiger partial charge in [-0.25, -0.2) is 9.03 Å². The van der Waals surface area contributed by atoms with Crippen LogP contribution in [0.3, 0.4) is 0 Å². The largest absolute Gasteiger partial charge is 0.506 e. The highest BCUT2D eigenvalue weighted by molar-refractivity contribution is 7.92. The summed E-state index contributed by atoms with van der Waals surface area (Å²) in [7, 11) is -8.36. The summed E-state index contributed by atoms with van der Waals surface area (Å²) in [6, 6.07) is 8.93. The molecule has 0 unspecified atom stereocenters. The van der Waals surface area contributed by atoms with E-state index in [1.807, 2.05) is 4.72 Å². The zero-order valence-electron chi connectivity index (χ0n) is 14.2. The van der Waals surface area contributed by atoms with Gasteiger partial charge in [-0.3, -0.25) is 9.35 Å². The summed E-state index contributed by atoms with van der Waals surface area (Å²) in [5.74, 6) is -1.74. The number of phenols is 1. The average molecular weight is 447 g/mol. The predicted molar refractivity (Wildman–Crippen MR) is 102 cm³/mol. The summed E-state index contributed by atoms with van der Waals surface area (Å²) < 4.78 is 58.0. The lowest BCUT2D eigenvalue weighted by atomic mass is 10.00. The molecule has 3 rings (SSSR count). The molecule has 3 N–H and O–H groups in total. The van der Waals surface area contributed by atoms with Crippen LogP contribution in [-0.2, 0) is 37.3 Å². The molecule has 12 heteroatoms. The molecule has 1 saturated heterocycles. The Morgan fingerprint density at radius 1 is 1.21 bits per heavy atom. The average Bonchev–Trinajstić information content (AvgIpc) is 2.82. The normalized spacial score (nSPS) is 16.2. The minimum absolute atomic E-state index is 0.0636. The molecule has 1 aliphatic heterocycles. The molecule has 0 bridgehead atoms. The fourth-order valence-electron chi connectivity index (χ4n) is 2.88. The Bertz CT molecular complexity index is 1160. The van der Waals surface area contributed by atoms with Gasteiger partial charge in [-0.15, -0.1) is 0 Å². The molecule has 1 amide bonds. The number of hydrogen-bond acceptors (Lipinski definition) is 6. The Morgan fingerprint density at radius 3 is 2.50 bits per heavy atom. The van der Waals surface area contributed by atoms with E-state index in [0.29, 0.717) is 11.1 Å². The van der Waals surface area contributed by atoms with E-state index in [2.05, 4.69) is 0 Å². The van der Waals surface area contributed by atoms with Gasteiger partial charge in [0.1, 0.15) is 18.0 Å². The predicted octanol–water partition coefficient (Wildman–Crippen LogP) is 1.21. The number of carbonyl (C=O) groups excluding carboxylic acids is 1. The molecule has 9 nitrogen and oxygen atoms in total. The first-order valence-electron chi connectivity index (χ1n) is 7.83. The number of amides is 1. The van der Waals surface area contributed by atoms with Crippen molar-refractivity contribution in [2.45, 2.75) is 12.2 Å². The zero-order chi connectivity index (χ0) is 20.7. The first-order valence-corrected chi connectivity index (χ1v) is 11.3. The van der Waals surface area contributed by atoms with Crippen LogP contribution in [0.5, 0.6) is 5.75 Å². The van der Waals surface area contributed by atoms with Gasteiger partial charge in [0, 0.05) is 5.02 Å². The van der Waals surface area contributed by atoms with E-state index in [4.69, 9.17) is 16.2 Å². The van der Waals surface area contributed by atoms with Gasteiger partial charge in [0.25, 0.3) is 16.0 Å². The summed E-state index contributed by atoms with van der Waals surface area (Å²) in [6.07, 6.45) is 0.170. The molecule has 150 valence electrons. The highest BCUT2D eigenvalue weighted by Crippen LogP contribution is 2.33. The SMILES string of the molecule is O=C1CN(c2ccc(Cc3cccc(Cl)c3CS(=O)(=O)O)cc2O)S(=O)(=O)N1. The minimum Gasteiger partial charge on any atom is -0.506 e. The molecule has 1 aliphatic rings. The number of phenolic OH excluding ortho intramolecular Hbond substituents is 1. The number of anilines is 1. The number of benzene rings is 2. The number of aromatic hydroxyl groups is 1. The van der Waals surface area contributed by atoms with E-state index < -0.39 is 38.5 Å². The van der Waals surface area contributed by atoms with Gasteiger partial charge in [0.15, 0.2) is 0 Å². The van der Waals surface area contributed by atoms with Crippen molar-refractivity contribution in [2.24, 2.45) is 0 Å². The number of nitrogens with zero attached hydrogens (tertiary/aromatic N) is 1. The van der Waals surface area contributed by atoms with E-state index in [0.717, 1.165) is 4.31 Å². The highest BCUT2D eigenvalue weighted by atomic mass is 35.5. The van der Waals surface area contributed by atoms with E-state index in [1.165, 1.54) is 24.3 Å². The standard InChI is InChI=1S/C16H15ClN2O7S2/c17-13-3-1-2-11(12(13)9-27(22,23)24)6-10-4-5-14(15(20)7-10)19-8-16(21)18-28(19,25)26/h1-5,7,20H,6,8-9H2,(H,18,21)(H,22,23,24). The van der Waals surface area contributed by atoms with Crippen LogP contribution < -0.4 is 9.03 Å². The van der Waals surface area contributed by atoms with E-state index in [-0.39, 0.29) is 28.4 Å². The van der Waals surface area contributed by atoms with Gasteiger partial charge in [-0.05, 0) is 41.3 Å². The third-order valence-electron chi connectivity index (χ3n) is 4.07. The molecule has 1 heterocycles. The Balaban J connectivity index is 1.93. The molecule has 0 spiro atoms. The highest BCUT2D eigenvalue weighted by Gasteiger charge is 2.35. The first-order chi connectivity index (χ1) is 13.0. The van der Waals surface area contributed by atoms with Crippen molar-refractivity contribution in [3.8, 4) is 5.75 Å². The van der Waals surface area contributed by atoms with Crippen LogP contribution >= 0.6 is 11.6 Å². The first kappa shape index (κ1) is 20.4. The lowest BCUT2D eigenvalue weighted by molar-refractivity contribution is -0.117. The lowest BCUT2D eigenvalue weighted by Crippen LogP contribution is -2.29. The van der Waals surface area contributed by atoms with Gasteiger partial charge in [-0.2, -0.15) is 16.8 Å². The van der Waals surface area contributed by atoms with Gasteiger partial charge >= 0.3 is 10.2 Å². The van der Waals surface area contributed by atoms with Gasteiger partial charge in [-0.1, -0.05) is 29.8 Å². The van der Waals surface area contributed by atoms with Crippen LogP contribution in [0.25, 0.3) is 0 Å². The Kier molecular flexibility index (Phi) is 5.28. The van der Waals surface area contributed by atoms with Crippen LogP contribution in [0.1, 0.15) is 16.7 Å². The number of hydrogen-bond donors (Lipinski definition) is 3. The minimum atomic E-state index is -4.30. The van der Waals surface area contributed by atoms with Crippen LogP contribution in [0, 0.1) is 0 Å². The van der Waals surface area contributed by atoms with Crippen LogP contribution in [-0.4, -0.2) is 38.9 Å². The summed E-state index contributed by atoms with van der Waals surface area (Å²) in [6.45, 7) is -0.442. The van der Waals surface area contributed by atoms with E-state index in [9.17, 15) is 26.7 Å². The maximum absolute atomic E-state index is 11.9. The van der Waals surface area contributed by atoms with Crippen molar-refractivity contribution in [3.63, 3.8) is 0 Å². The molecule has 0 aromatic heterocycles. The van der Waals surface area contributed by atoms with E-state index in [1.54, 1.807) is 12.1 Å². The maximum atomic E-state index is 11.9.